The molecule has 0 bridgehead atoms. The van der Waals surface area contributed by atoms with Crippen molar-refractivity contribution in [2.45, 2.75) is 6.92 Å². The average molecular weight is 320 g/mol. The van der Waals surface area contributed by atoms with E-state index in [0.29, 0.717) is 10.7 Å². The Balaban J connectivity index is 1.99. The number of carbonyl (C=O) groups excluding carboxylic acids is 3. The zero-order valence-corrected chi connectivity index (χ0v) is 12.9. The summed E-state index contributed by atoms with van der Waals surface area (Å²) in [6.45, 7) is 2.06. The van der Waals surface area contributed by atoms with Gasteiger partial charge in [0.15, 0.2) is 0 Å². The van der Waals surface area contributed by atoms with Gasteiger partial charge in [0.2, 0.25) is 11.0 Å². The maximum absolute atomic E-state index is 12.0. The summed E-state index contributed by atoms with van der Waals surface area (Å²) in [5.74, 6) is -0.774. The smallest absolute Gasteiger partial charge is 0.333 e. The predicted octanol–water partition coefficient (Wildman–Crippen LogP) is 1.60. The van der Waals surface area contributed by atoms with Gasteiger partial charge in [0.1, 0.15) is 0 Å². The highest BCUT2D eigenvalue weighted by Crippen LogP contribution is 2.28. The van der Waals surface area contributed by atoms with Crippen molar-refractivity contribution in [1.29, 1.82) is 0 Å². The maximum Gasteiger partial charge on any atom is 0.333 e. The van der Waals surface area contributed by atoms with E-state index in [2.05, 4.69) is 5.32 Å². The molecular weight excluding hydrogens is 304 g/mol. The van der Waals surface area contributed by atoms with Gasteiger partial charge in [-0.15, -0.1) is 0 Å². The fraction of sp³-hybridized carbons (Fsp3) is 0.267. The number of nitrogens with one attached hydrogen (secondary N) is 1. The molecule has 1 aromatic carbocycles. The number of benzene rings is 1. The molecule has 0 spiro atoms. The molecule has 116 valence electrons. The van der Waals surface area contributed by atoms with E-state index in [4.69, 9.17) is 4.74 Å². The van der Waals surface area contributed by atoms with Gasteiger partial charge < -0.3 is 15.0 Å². The highest BCUT2D eigenvalue weighted by atomic mass is 32.2. The molecular formula is C15H16N2O4S. The molecule has 0 saturated carbocycles. The number of esters is 1. The molecule has 0 aromatic heterocycles. The van der Waals surface area contributed by atoms with Crippen molar-refractivity contribution in [2.75, 3.05) is 25.0 Å². The van der Waals surface area contributed by atoms with Gasteiger partial charge >= 0.3 is 5.97 Å². The summed E-state index contributed by atoms with van der Waals surface area (Å²) in [7, 11) is 0. The Bertz CT molecular complexity index is 601. The molecule has 1 N–H and O–H groups in total. The largest absolute Gasteiger partial charge is 0.463 e. The third-order valence-electron chi connectivity index (χ3n) is 2.77. The van der Waals surface area contributed by atoms with E-state index in [0.717, 1.165) is 11.8 Å². The lowest BCUT2D eigenvalue weighted by Gasteiger charge is -2.17. The van der Waals surface area contributed by atoms with Crippen molar-refractivity contribution in [3.8, 4) is 0 Å². The van der Waals surface area contributed by atoms with Crippen LogP contribution < -0.4 is 5.32 Å². The first-order valence-corrected chi connectivity index (χ1v) is 7.59. The van der Waals surface area contributed by atoms with Crippen molar-refractivity contribution in [2.24, 2.45) is 0 Å². The molecule has 0 radical (unpaired) electrons. The third-order valence-corrected chi connectivity index (χ3v) is 3.71. The minimum absolute atomic E-state index is 0.00112. The second-order valence-corrected chi connectivity index (χ2v) is 5.56. The predicted molar refractivity (Wildman–Crippen MR) is 84.0 cm³/mol. The van der Waals surface area contributed by atoms with E-state index in [9.17, 15) is 14.4 Å². The van der Waals surface area contributed by atoms with Gasteiger partial charge in [-0.1, -0.05) is 18.2 Å². The molecule has 7 heteroatoms. The number of para-hydroxylation sites is 1. The number of thioether (sulfide) groups is 1. The van der Waals surface area contributed by atoms with Gasteiger partial charge in [-0.2, -0.15) is 0 Å². The molecule has 2 rings (SSSR count). The van der Waals surface area contributed by atoms with Crippen molar-refractivity contribution in [3.05, 3.63) is 41.4 Å². The molecule has 1 aliphatic heterocycles. The Labute approximate surface area is 132 Å². The summed E-state index contributed by atoms with van der Waals surface area (Å²) in [6.07, 6.45) is 1.24. The normalized spacial score (nSPS) is 16.0. The van der Waals surface area contributed by atoms with E-state index in [1.54, 1.807) is 24.0 Å². The summed E-state index contributed by atoms with van der Waals surface area (Å²) < 4.78 is 4.82. The Morgan fingerprint density at radius 3 is 2.77 bits per heavy atom. The Morgan fingerprint density at radius 2 is 2.09 bits per heavy atom. The number of nitrogens with zero attached hydrogens (tertiary/aromatic N) is 1. The molecule has 0 atom stereocenters. The summed E-state index contributed by atoms with van der Waals surface area (Å²) in [5, 5.41) is 3.07. The van der Waals surface area contributed by atoms with Crippen LogP contribution in [0.1, 0.15) is 6.92 Å². The fourth-order valence-electron chi connectivity index (χ4n) is 1.88. The number of hydrogen-bond donors (Lipinski definition) is 1. The molecule has 1 aromatic rings. The van der Waals surface area contributed by atoms with Crippen molar-refractivity contribution in [1.82, 2.24) is 4.90 Å². The summed E-state index contributed by atoms with van der Waals surface area (Å²) >= 11 is 0.943. The van der Waals surface area contributed by atoms with E-state index < -0.39 is 5.97 Å². The van der Waals surface area contributed by atoms with Crippen LogP contribution in [0.5, 0.6) is 0 Å². The highest BCUT2D eigenvalue weighted by molar-refractivity contribution is 8.17. The van der Waals surface area contributed by atoms with Crippen LogP contribution >= 0.6 is 11.8 Å². The SMILES string of the molecule is CCOC(=O)/C=C1\SC(=O)CN1CC(=O)Nc1ccccc1. The summed E-state index contributed by atoms with van der Waals surface area (Å²) in [4.78, 5) is 36.6. The van der Waals surface area contributed by atoms with Crippen molar-refractivity contribution < 1.29 is 19.1 Å². The number of anilines is 1. The van der Waals surface area contributed by atoms with Gasteiger partial charge in [0.25, 0.3) is 0 Å². The topological polar surface area (TPSA) is 75.7 Å². The number of carbonyl (C=O) groups is 3. The lowest BCUT2D eigenvalue weighted by atomic mass is 10.3. The first-order valence-electron chi connectivity index (χ1n) is 6.77. The minimum Gasteiger partial charge on any atom is -0.463 e. The zero-order valence-electron chi connectivity index (χ0n) is 12.1. The highest BCUT2D eigenvalue weighted by Gasteiger charge is 2.27. The molecule has 1 saturated heterocycles. The quantitative estimate of drug-likeness (QED) is 0.656. The van der Waals surface area contributed by atoms with Crippen LogP contribution in [-0.4, -0.2) is 41.6 Å². The fourth-order valence-corrected chi connectivity index (χ4v) is 2.75. The second kappa shape index (κ2) is 7.65. The van der Waals surface area contributed by atoms with Gasteiger partial charge in [-0.25, -0.2) is 4.79 Å². The lowest BCUT2D eigenvalue weighted by molar-refractivity contribution is -0.137. The second-order valence-electron chi connectivity index (χ2n) is 4.48. The zero-order chi connectivity index (χ0) is 15.9. The minimum atomic E-state index is -0.520. The van der Waals surface area contributed by atoms with Gasteiger partial charge in [-0.05, 0) is 30.8 Å². The first-order chi connectivity index (χ1) is 10.6. The summed E-state index contributed by atoms with van der Waals surface area (Å²) in [6, 6.07) is 9.04. The molecule has 1 aliphatic rings. The van der Waals surface area contributed by atoms with Crippen LogP contribution in [0.25, 0.3) is 0 Å². The van der Waals surface area contributed by atoms with Crippen molar-refractivity contribution in [3.63, 3.8) is 0 Å². The number of amides is 1. The molecule has 0 unspecified atom stereocenters. The van der Waals surface area contributed by atoms with Crippen LogP contribution in [0, 0.1) is 0 Å². The molecule has 1 fully saturated rings. The Hall–Kier alpha value is -2.28. The number of hydrogen-bond acceptors (Lipinski definition) is 6. The van der Waals surface area contributed by atoms with E-state index in [1.807, 2.05) is 18.2 Å². The van der Waals surface area contributed by atoms with Crippen LogP contribution in [0.4, 0.5) is 5.69 Å². The number of rotatable bonds is 5. The standard InChI is InChI=1S/C15H16N2O4S/c1-2-21-14(19)8-13-17(10-15(20)22-13)9-12(18)16-11-6-4-3-5-7-11/h3-8H,2,9-10H2,1H3,(H,16,18)/b13-8-. The van der Waals surface area contributed by atoms with Gasteiger partial charge in [-0.3, -0.25) is 9.59 Å². The van der Waals surface area contributed by atoms with Crippen LogP contribution in [0.3, 0.4) is 0 Å². The van der Waals surface area contributed by atoms with Crippen LogP contribution in [0.15, 0.2) is 41.4 Å². The third kappa shape index (κ3) is 4.63. The van der Waals surface area contributed by atoms with Crippen LogP contribution in [-0.2, 0) is 19.1 Å². The molecule has 22 heavy (non-hydrogen) atoms. The van der Waals surface area contributed by atoms with Gasteiger partial charge in [0.05, 0.1) is 30.8 Å². The monoisotopic (exact) mass is 320 g/mol. The molecule has 6 nitrogen and oxygen atoms in total. The first kappa shape index (κ1) is 16.1. The molecule has 1 heterocycles. The Morgan fingerprint density at radius 1 is 1.36 bits per heavy atom. The van der Waals surface area contributed by atoms with E-state index in [1.165, 1.54) is 6.08 Å². The van der Waals surface area contributed by atoms with E-state index >= 15 is 0 Å². The van der Waals surface area contributed by atoms with Crippen molar-refractivity contribution >= 4 is 34.4 Å². The molecule has 0 aliphatic carbocycles. The molecule has 1 amide bonds. The van der Waals surface area contributed by atoms with Gasteiger partial charge in [0, 0.05) is 5.69 Å². The summed E-state index contributed by atoms with van der Waals surface area (Å²) in [5.41, 5.74) is 0.682. The van der Waals surface area contributed by atoms with E-state index in [-0.39, 0.29) is 30.7 Å². The Kier molecular flexibility index (Phi) is 5.60. The average Bonchev–Trinajstić information content (AvgIpc) is 2.79. The maximum atomic E-state index is 12.0. The number of ether oxygens (including phenoxy) is 1. The lowest BCUT2D eigenvalue weighted by Crippen LogP contribution is -2.31. The van der Waals surface area contributed by atoms with Crippen LogP contribution in [0.2, 0.25) is 0 Å².